The summed E-state index contributed by atoms with van der Waals surface area (Å²) >= 11 is 0. The summed E-state index contributed by atoms with van der Waals surface area (Å²) < 4.78 is 12.4. The van der Waals surface area contributed by atoms with Crippen molar-refractivity contribution >= 4 is 34.4 Å². The number of aromatic nitrogens is 3. The summed E-state index contributed by atoms with van der Waals surface area (Å²) in [4.78, 5) is 40.7. The van der Waals surface area contributed by atoms with Crippen molar-refractivity contribution < 1.29 is 23.9 Å². The lowest BCUT2D eigenvalue weighted by molar-refractivity contribution is -0.118. The molecule has 1 unspecified atom stereocenters. The molecule has 0 saturated carbocycles. The van der Waals surface area contributed by atoms with Gasteiger partial charge in [-0.2, -0.15) is 0 Å². The highest BCUT2D eigenvalue weighted by molar-refractivity contribution is 6.16. The number of rotatable bonds is 20. The molecule has 1 heterocycles. The zero-order valence-corrected chi connectivity index (χ0v) is 28.0. The number of unbranched alkanes of at least 4 members (excludes halogenated alkanes) is 11. The maximum atomic E-state index is 13.9. The molecule has 0 aliphatic carbocycles. The van der Waals surface area contributed by atoms with Gasteiger partial charge >= 0.3 is 5.97 Å². The van der Waals surface area contributed by atoms with Crippen LogP contribution < -0.4 is 10.1 Å². The van der Waals surface area contributed by atoms with Crippen molar-refractivity contribution in [1.82, 2.24) is 15.0 Å². The molecule has 0 bridgehead atoms. The van der Waals surface area contributed by atoms with E-state index in [1.54, 1.807) is 48.5 Å². The number of aryl methyl sites for hydroxylation is 1. The fraction of sp³-hybridized carbons (Fsp3) is 0.447. The lowest BCUT2D eigenvalue weighted by atomic mass is 10.0. The van der Waals surface area contributed by atoms with Crippen LogP contribution in [-0.4, -0.2) is 46.4 Å². The summed E-state index contributed by atoms with van der Waals surface area (Å²) in [5, 5.41) is 11.2. The minimum Gasteiger partial charge on any atom is -0.495 e. The van der Waals surface area contributed by atoms with E-state index in [0.717, 1.165) is 24.8 Å². The maximum Gasteiger partial charge on any atom is 0.338 e. The molecule has 0 saturated heterocycles. The van der Waals surface area contributed by atoms with Crippen molar-refractivity contribution in [2.45, 2.75) is 96.9 Å². The van der Waals surface area contributed by atoms with Gasteiger partial charge in [0.25, 0.3) is 5.91 Å². The highest BCUT2D eigenvalue weighted by Gasteiger charge is 2.33. The quantitative estimate of drug-likeness (QED) is 0.0445. The summed E-state index contributed by atoms with van der Waals surface area (Å²) in [6, 6.07) is 17.4. The van der Waals surface area contributed by atoms with Crippen molar-refractivity contribution in [3.05, 3.63) is 83.4 Å². The number of esters is 1. The molecule has 0 aliphatic rings. The number of ketones is 1. The molecule has 0 aliphatic heterocycles. The van der Waals surface area contributed by atoms with Gasteiger partial charge < -0.3 is 14.8 Å². The second-order valence-corrected chi connectivity index (χ2v) is 12.0. The van der Waals surface area contributed by atoms with Crippen molar-refractivity contribution in [3.8, 4) is 5.75 Å². The molecule has 1 atom stereocenters. The number of carbonyl (C=O) groups excluding carboxylic acids is 3. The molecule has 9 heteroatoms. The first-order valence-electron chi connectivity index (χ1n) is 17.0. The van der Waals surface area contributed by atoms with Crippen molar-refractivity contribution in [2.24, 2.45) is 0 Å². The molecule has 9 nitrogen and oxygen atoms in total. The Labute approximate surface area is 278 Å². The van der Waals surface area contributed by atoms with Gasteiger partial charge in [0.15, 0.2) is 11.8 Å². The SMILES string of the molecule is CCCCCCCCCCCCCCOC(=O)c1ccc(OC)c(NC(=O)C(C(=O)c2ccccc2)n2nnc3cccc(C)c32)c1. The number of nitrogens with zero attached hydrogens (tertiary/aromatic N) is 3. The molecule has 0 fully saturated rings. The number of nitrogens with one attached hydrogen (secondary N) is 1. The average molecular weight is 641 g/mol. The van der Waals surface area contributed by atoms with Gasteiger partial charge in [-0.25, -0.2) is 9.48 Å². The Morgan fingerprint density at radius 3 is 2.11 bits per heavy atom. The Bertz CT molecular complexity index is 1600. The standard InChI is InChI=1S/C38H48N4O5/c1-4-5-6-7-8-9-10-11-12-13-14-18-26-47-38(45)30-24-25-33(46-3)32(27-30)39-37(44)35(36(43)29-21-16-15-17-22-29)42-34-28(2)20-19-23-31(34)40-41-42/h15-17,19-25,27,35H,4-14,18,26H2,1-3H3,(H,39,44). The van der Waals surface area contributed by atoms with Crippen molar-refractivity contribution in [2.75, 3.05) is 19.0 Å². The molecule has 1 amide bonds. The number of fused-ring (bicyclic) bond motifs is 1. The topological polar surface area (TPSA) is 112 Å². The minimum atomic E-state index is -1.37. The van der Waals surface area contributed by atoms with Gasteiger partial charge in [0.1, 0.15) is 11.3 Å². The third kappa shape index (κ3) is 9.98. The molecule has 3 aromatic carbocycles. The van der Waals surface area contributed by atoms with Crippen LogP contribution in [0.5, 0.6) is 5.75 Å². The van der Waals surface area contributed by atoms with Gasteiger partial charge in [0, 0.05) is 5.56 Å². The summed E-state index contributed by atoms with van der Waals surface area (Å²) in [6.07, 6.45) is 14.7. The third-order valence-electron chi connectivity index (χ3n) is 8.42. The molecule has 0 radical (unpaired) electrons. The fourth-order valence-electron chi connectivity index (χ4n) is 5.77. The molecular weight excluding hydrogens is 592 g/mol. The maximum absolute atomic E-state index is 13.9. The van der Waals surface area contributed by atoms with E-state index < -0.39 is 23.7 Å². The van der Waals surface area contributed by atoms with Crippen LogP contribution in [0.4, 0.5) is 5.69 Å². The van der Waals surface area contributed by atoms with Gasteiger partial charge in [-0.15, -0.1) is 5.10 Å². The third-order valence-corrected chi connectivity index (χ3v) is 8.42. The predicted molar refractivity (Wildman–Crippen MR) is 185 cm³/mol. The number of ether oxygens (including phenoxy) is 2. The summed E-state index contributed by atoms with van der Waals surface area (Å²) in [6.45, 7) is 4.45. The van der Waals surface area contributed by atoms with E-state index in [1.165, 1.54) is 75.6 Å². The fourth-order valence-corrected chi connectivity index (χ4v) is 5.77. The molecule has 4 rings (SSSR count). The van der Waals surface area contributed by atoms with Crippen LogP contribution in [0.1, 0.15) is 116 Å². The Kier molecular flexibility index (Phi) is 14.0. The Balaban J connectivity index is 1.37. The van der Waals surface area contributed by atoms with Crippen LogP contribution in [0.25, 0.3) is 11.0 Å². The highest BCUT2D eigenvalue weighted by atomic mass is 16.5. The van der Waals surface area contributed by atoms with Crippen LogP contribution in [0.2, 0.25) is 0 Å². The monoisotopic (exact) mass is 640 g/mol. The van der Waals surface area contributed by atoms with Crippen LogP contribution in [-0.2, 0) is 9.53 Å². The number of para-hydroxylation sites is 1. The molecule has 4 aromatic rings. The van der Waals surface area contributed by atoms with Crippen molar-refractivity contribution in [1.29, 1.82) is 0 Å². The second kappa shape index (κ2) is 18.6. The van der Waals surface area contributed by atoms with E-state index in [0.29, 0.717) is 29.0 Å². The largest absolute Gasteiger partial charge is 0.495 e. The van der Waals surface area contributed by atoms with Crippen molar-refractivity contribution in [3.63, 3.8) is 0 Å². The van der Waals surface area contributed by atoms with E-state index in [4.69, 9.17) is 9.47 Å². The predicted octanol–water partition coefficient (Wildman–Crippen LogP) is 8.67. The molecule has 1 aromatic heterocycles. The van der Waals surface area contributed by atoms with Gasteiger partial charge in [-0.05, 0) is 43.2 Å². The number of hydrogen-bond acceptors (Lipinski definition) is 7. The lowest BCUT2D eigenvalue weighted by Gasteiger charge is -2.19. The van der Waals surface area contributed by atoms with Crippen LogP contribution in [0.15, 0.2) is 66.7 Å². The number of anilines is 1. The van der Waals surface area contributed by atoms with E-state index in [1.807, 2.05) is 19.1 Å². The smallest absolute Gasteiger partial charge is 0.338 e. The molecule has 1 N–H and O–H groups in total. The van der Waals surface area contributed by atoms with Crippen LogP contribution in [0, 0.1) is 6.92 Å². The zero-order chi connectivity index (χ0) is 33.4. The highest BCUT2D eigenvalue weighted by Crippen LogP contribution is 2.29. The molecular formula is C38H48N4O5. The van der Waals surface area contributed by atoms with E-state index in [9.17, 15) is 14.4 Å². The first-order chi connectivity index (χ1) is 22.9. The Hall–Kier alpha value is -4.53. The number of benzene rings is 3. The number of Topliss-reactive ketones (excluding diaryl/α,β-unsaturated/α-hetero) is 1. The second-order valence-electron chi connectivity index (χ2n) is 12.0. The summed E-state index contributed by atoms with van der Waals surface area (Å²) in [5.41, 5.74) is 2.84. The van der Waals surface area contributed by atoms with Gasteiger partial charge in [-0.1, -0.05) is 125 Å². The van der Waals surface area contributed by atoms with Gasteiger partial charge in [0.2, 0.25) is 0 Å². The molecule has 47 heavy (non-hydrogen) atoms. The Morgan fingerprint density at radius 1 is 0.787 bits per heavy atom. The van der Waals surface area contributed by atoms with Gasteiger partial charge in [-0.3, -0.25) is 9.59 Å². The first kappa shape index (κ1) is 35.3. The van der Waals surface area contributed by atoms with E-state index >= 15 is 0 Å². The van der Waals surface area contributed by atoms with Crippen LogP contribution in [0.3, 0.4) is 0 Å². The first-order valence-corrected chi connectivity index (χ1v) is 17.0. The van der Waals surface area contributed by atoms with Crippen LogP contribution >= 0.6 is 0 Å². The average Bonchev–Trinajstić information content (AvgIpc) is 3.52. The molecule has 250 valence electrons. The number of amides is 1. The zero-order valence-electron chi connectivity index (χ0n) is 28.0. The Morgan fingerprint density at radius 2 is 1.45 bits per heavy atom. The number of carbonyl (C=O) groups is 3. The molecule has 0 spiro atoms. The number of hydrogen-bond donors (Lipinski definition) is 1. The summed E-state index contributed by atoms with van der Waals surface area (Å²) in [7, 11) is 1.47. The summed E-state index contributed by atoms with van der Waals surface area (Å²) in [5.74, 6) is -1.24. The normalized spacial score (nSPS) is 11.7. The van der Waals surface area contributed by atoms with Gasteiger partial charge in [0.05, 0.1) is 30.5 Å². The number of methoxy groups -OCH3 is 1. The van der Waals surface area contributed by atoms with E-state index in [-0.39, 0.29) is 11.3 Å². The lowest BCUT2D eigenvalue weighted by Crippen LogP contribution is -2.33. The van der Waals surface area contributed by atoms with E-state index in [2.05, 4.69) is 22.6 Å². The minimum absolute atomic E-state index is 0.240.